The Morgan fingerprint density at radius 2 is 1.85 bits per heavy atom. The van der Waals surface area contributed by atoms with Crippen molar-refractivity contribution in [2.75, 3.05) is 45.2 Å². The summed E-state index contributed by atoms with van der Waals surface area (Å²) in [6.07, 6.45) is 1.17. The number of anilines is 1. The van der Waals surface area contributed by atoms with E-state index in [1.807, 2.05) is 0 Å². The molecule has 0 saturated heterocycles. The molecule has 1 N–H and O–H groups in total. The number of hydrogen-bond donors (Lipinski definition) is 1. The second-order valence-electron chi connectivity index (χ2n) is 5.34. The van der Waals surface area contributed by atoms with Crippen LogP contribution in [0.25, 0.3) is 0 Å². The molecule has 3 nitrogen and oxygen atoms in total. The molecular formula is C16H28BrN3. The average molecular weight is 342 g/mol. The Morgan fingerprint density at radius 1 is 1.10 bits per heavy atom. The molecule has 20 heavy (non-hydrogen) atoms. The number of rotatable bonds is 9. The van der Waals surface area contributed by atoms with Gasteiger partial charge in [0.2, 0.25) is 0 Å². The Balaban J connectivity index is 2.91. The third kappa shape index (κ3) is 5.81. The number of hydrogen-bond acceptors (Lipinski definition) is 3. The molecule has 1 rings (SSSR count). The third-order valence-electron chi connectivity index (χ3n) is 3.26. The summed E-state index contributed by atoms with van der Waals surface area (Å²) < 4.78 is 1.15. The predicted octanol–water partition coefficient (Wildman–Crippen LogP) is 3.34. The highest BCUT2D eigenvalue weighted by Crippen LogP contribution is 2.25. The van der Waals surface area contributed by atoms with Crippen LogP contribution < -0.4 is 10.2 Å². The molecular weight excluding hydrogens is 314 g/mol. The zero-order chi connectivity index (χ0) is 15.0. The summed E-state index contributed by atoms with van der Waals surface area (Å²) in [5.74, 6) is 0. The topological polar surface area (TPSA) is 18.5 Å². The molecule has 114 valence electrons. The Morgan fingerprint density at radius 3 is 2.45 bits per heavy atom. The minimum absolute atomic E-state index is 0.924. The summed E-state index contributed by atoms with van der Waals surface area (Å²) in [7, 11) is 4.26. The molecule has 0 amide bonds. The van der Waals surface area contributed by atoms with Crippen molar-refractivity contribution in [2.24, 2.45) is 0 Å². The van der Waals surface area contributed by atoms with Crippen LogP contribution in [0.1, 0.15) is 25.8 Å². The van der Waals surface area contributed by atoms with Gasteiger partial charge in [0.25, 0.3) is 0 Å². The Bertz CT molecular complexity index is 393. The van der Waals surface area contributed by atoms with Gasteiger partial charge in [-0.2, -0.15) is 0 Å². The lowest BCUT2D eigenvalue weighted by molar-refractivity contribution is 0.412. The van der Waals surface area contributed by atoms with Crippen molar-refractivity contribution < 1.29 is 0 Å². The molecule has 0 radical (unpaired) electrons. The van der Waals surface area contributed by atoms with Gasteiger partial charge in [-0.05, 0) is 50.8 Å². The quantitative estimate of drug-likeness (QED) is 0.743. The van der Waals surface area contributed by atoms with E-state index in [-0.39, 0.29) is 0 Å². The van der Waals surface area contributed by atoms with Gasteiger partial charge >= 0.3 is 0 Å². The van der Waals surface area contributed by atoms with E-state index in [2.05, 4.69) is 77.2 Å². The number of nitrogens with zero attached hydrogens (tertiary/aromatic N) is 2. The largest absolute Gasteiger partial charge is 0.370 e. The SMILES string of the molecule is CCCN(CCN(C)C)c1ccc(Br)cc1CNCC. The van der Waals surface area contributed by atoms with Crippen LogP contribution in [0.5, 0.6) is 0 Å². The predicted molar refractivity (Wildman–Crippen MR) is 92.6 cm³/mol. The first kappa shape index (κ1) is 17.5. The van der Waals surface area contributed by atoms with Crippen molar-refractivity contribution in [1.29, 1.82) is 0 Å². The first-order chi connectivity index (χ1) is 9.58. The molecule has 1 aromatic rings. The summed E-state index contributed by atoms with van der Waals surface area (Å²) in [6.45, 7) is 9.57. The van der Waals surface area contributed by atoms with E-state index in [4.69, 9.17) is 0 Å². The van der Waals surface area contributed by atoms with Crippen molar-refractivity contribution in [2.45, 2.75) is 26.8 Å². The fourth-order valence-corrected chi connectivity index (χ4v) is 2.62. The zero-order valence-corrected chi connectivity index (χ0v) is 14.8. The minimum atomic E-state index is 0.924. The molecule has 0 aliphatic rings. The van der Waals surface area contributed by atoms with Gasteiger partial charge in [-0.15, -0.1) is 0 Å². The van der Waals surface area contributed by atoms with Crippen molar-refractivity contribution >= 4 is 21.6 Å². The van der Waals surface area contributed by atoms with E-state index in [1.165, 1.54) is 17.7 Å². The number of benzene rings is 1. The Kier molecular flexibility index (Phi) is 8.19. The molecule has 0 atom stereocenters. The van der Waals surface area contributed by atoms with E-state index in [0.717, 1.165) is 37.2 Å². The fourth-order valence-electron chi connectivity index (χ4n) is 2.21. The van der Waals surface area contributed by atoms with E-state index in [0.29, 0.717) is 0 Å². The smallest absolute Gasteiger partial charge is 0.0413 e. The average Bonchev–Trinajstić information content (AvgIpc) is 2.41. The van der Waals surface area contributed by atoms with Gasteiger partial charge in [0.05, 0.1) is 0 Å². The highest BCUT2D eigenvalue weighted by Gasteiger charge is 2.11. The van der Waals surface area contributed by atoms with Crippen LogP contribution in [-0.2, 0) is 6.54 Å². The van der Waals surface area contributed by atoms with Gasteiger partial charge in [0.15, 0.2) is 0 Å². The maximum atomic E-state index is 3.58. The summed E-state index contributed by atoms with van der Waals surface area (Å²) in [5, 5.41) is 3.44. The highest BCUT2D eigenvalue weighted by atomic mass is 79.9. The molecule has 0 heterocycles. The van der Waals surface area contributed by atoms with Gasteiger partial charge < -0.3 is 15.1 Å². The highest BCUT2D eigenvalue weighted by molar-refractivity contribution is 9.10. The summed E-state index contributed by atoms with van der Waals surface area (Å²) in [5.41, 5.74) is 2.73. The van der Waals surface area contributed by atoms with Gasteiger partial charge in [0, 0.05) is 36.3 Å². The van der Waals surface area contributed by atoms with Gasteiger partial charge in [-0.25, -0.2) is 0 Å². The van der Waals surface area contributed by atoms with Gasteiger partial charge in [-0.1, -0.05) is 29.8 Å². The molecule has 0 fully saturated rings. The van der Waals surface area contributed by atoms with E-state index in [1.54, 1.807) is 0 Å². The van der Waals surface area contributed by atoms with Crippen molar-refractivity contribution in [3.8, 4) is 0 Å². The molecule has 0 spiro atoms. The molecule has 0 saturated carbocycles. The monoisotopic (exact) mass is 341 g/mol. The van der Waals surface area contributed by atoms with E-state index in [9.17, 15) is 0 Å². The summed E-state index contributed by atoms with van der Waals surface area (Å²) in [6, 6.07) is 6.61. The van der Waals surface area contributed by atoms with Gasteiger partial charge in [-0.3, -0.25) is 0 Å². The minimum Gasteiger partial charge on any atom is -0.370 e. The molecule has 0 aromatic heterocycles. The second-order valence-corrected chi connectivity index (χ2v) is 6.26. The summed E-state index contributed by atoms with van der Waals surface area (Å²) in [4.78, 5) is 4.74. The number of likely N-dealkylation sites (N-methyl/N-ethyl adjacent to an activating group) is 1. The Labute approximate surface area is 132 Å². The Hall–Kier alpha value is -0.580. The first-order valence-electron chi connectivity index (χ1n) is 7.47. The lowest BCUT2D eigenvalue weighted by atomic mass is 10.1. The van der Waals surface area contributed by atoms with Crippen LogP contribution in [-0.4, -0.2) is 45.2 Å². The molecule has 4 heteroatoms. The maximum Gasteiger partial charge on any atom is 0.0413 e. The van der Waals surface area contributed by atoms with Crippen LogP contribution in [0.3, 0.4) is 0 Å². The molecule has 0 aliphatic heterocycles. The van der Waals surface area contributed by atoms with Crippen LogP contribution in [0.2, 0.25) is 0 Å². The first-order valence-corrected chi connectivity index (χ1v) is 8.26. The maximum absolute atomic E-state index is 3.58. The van der Waals surface area contributed by atoms with Crippen LogP contribution >= 0.6 is 15.9 Å². The summed E-state index contributed by atoms with van der Waals surface area (Å²) >= 11 is 3.58. The van der Waals surface area contributed by atoms with Crippen molar-refractivity contribution in [3.05, 3.63) is 28.2 Å². The van der Waals surface area contributed by atoms with Crippen molar-refractivity contribution in [1.82, 2.24) is 10.2 Å². The zero-order valence-electron chi connectivity index (χ0n) is 13.2. The fraction of sp³-hybridized carbons (Fsp3) is 0.625. The molecule has 0 bridgehead atoms. The lowest BCUT2D eigenvalue weighted by Crippen LogP contribution is -2.33. The number of nitrogens with one attached hydrogen (secondary N) is 1. The van der Waals surface area contributed by atoms with Crippen molar-refractivity contribution in [3.63, 3.8) is 0 Å². The molecule has 1 aromatic carbocycles. The van der Waals surface area contributed by atoms with Crippen LogP contribution in [0.15, 0.2) is 22.7 Å². The lowest BCUT2D eigenvalue weighted by Gasteiger charge is -2.28. The third-order valence-corrected chi connectivity index (χ3v) is 3.75. The van der Waals surface area contributed by atoms with E-state index >= 15 is 0 Å². The number of halogens is 1. The van der Waals surface area contributed by atoms with Crippen LogP contribution in [0, 0.1) is 0 Å². The van der Waals surface area contributed by atoms with E-state index < -0.39 is 0 Å². The molecule has 0 unspecified atom stereocenters. The standard InChI is InChI=1S/C16H28BrN3/c1-5-9-20(11-10-19(3)4)16-8-7-15(17)12-14(16)13-18-6-2/h7-8,12,18H,5-6,9-11,13H2,1-4H3. The van der Waals surface area contributed by atoms with Gasteiger partial charge in [0.1, 0.15) is 0 Å². The molecule has 0 aliphatic carbocycles. The normalized spacial score (nSPS) is 11.1. The second kappa shape index (κ2) is 9.37. The van der Waals surface area contributed by atoms with Crippen LogP contribution in [0.4, 0.5) is 5.69 Å².